The minimum atomic E-state index is -3.47. The highest BCUT2D eigenvalue weighted by Crippen LogP contribution is 2.16. The number of hydrogen-bond acceptors (Lipinski definition) is 4. The van der Waals surface area contributed by atoms with Gasteiger partial charge < -0.3 is 10.2 Å². The highest BCUT2D eigenvalue weighted by atomic mass is 32.2. The van der Waals surface area contributed by atoms with E-state index in [2.05, 4.69) is 5.32 Å². The van der Waals surface area contributed by atoms with E-state index >= 15 is 0 Å². The van der Waals surface area contributed by atoms with E-state index in [1.807, 2.05) is 43.5 Å². The normalized spacial score (nSPS) is 17.6. The molecule has 3 rings (SSSR count). The summed E-state index contributed by atoms with van der Waals surface area (Å²) in [7, 11) is -3.47. The molecule has 8 heteroatoms. The third-order valence-electron chi connectivity index (χ3n) is 5.05. The summed E-state index contributed by atoms with van der Waals surface area (Å²) in [6, 6.07) is 10.7. The first-order chi connectivity index (χ1) is 12.9. The van der Waals surface area contributed by atoms with Crippen LogP contribution in [0.25, 0.3) is 0 Å². The van der Waals surface area contributed by atoms with E-state index in [0.29, 0.717) is 37.6 Å². The third-order valence-corrected chi connectivity index (χ3v) is 7.84. The van der Waals surface area contributed by atoms with Crippen molar-refractivity contribution in [3.05, 3.63) is 52.2 Å². The second kappa shape index (κ2) is 8.52. The van der Waals surface area contributed by atoms with Crippen LogP contribution in [0.5, 0.6) is 0 Å². The Bertz CT molecular complexity index is 856. The molecule has 1 aliphatic rings. The van der Waals surface area contributed by atoms with Gasteiger partial charge in [0, 0.05) is 4.88 Å². The van der Waals surface area contributed by atoms with Crippen LogP contribution in [-0.4, -0.2) is 50.9 Å². The van der Waals surface area contributed by atoms with Crippen LogP contribution in [0.4, 0.5) is 0 Å². The number of nitrogens with one attached hydrogen (secondary N) is 2. The Balaban J connectivity index is 1.54. The number of aryl methyl sites for hydroxylation is 1. The molecule has 0 spiro atoms. The summed E-state index contributed by atoms with van der Waals surface area (Å²) >= 11 is 1.62. The number of carbonyl (C=O) groups excluding carboxylic acids is 1. The molecular weight excluding hydrogens is 382 g/mol. The smallest absolute Gasteiger partial charge is 0.278 e. The summed E-state index contributed by atoms with van der Waals surface area (Å²) in [6.07, 6.45) is 0. The molecule has 1 aromatic carbocycles. The summed E-state index contributed by atoms with van der Waals surface area (Å²) in [6.45, 7) is 6.48. The highest BCUT2D eigenvalue weighted by Gasteiger charge is 2.34. The van der Waals surface area contributed by atoms with Crippen LogP contribution in [0.2, 0.25) is 0 Å². The molecule has 0 radical (unpaired) electrons. The van der Waals surface area contributed by atoms with Crippen molar-refractivity contribution in [2.24, 2.45) is 0 Å². The predicted octanol–water partition coefficient (Wildman–Crippen LogP) is 0.651. The molecule has 0 unspecified atom stereocenters. The van der Waals surface area contributed by atoms with Gasteiger partial charge in [-0.3, -0.25) is 4.79 Å². The molecular formula is C19H26N3O3S2+. The Morgan fingerprint density at radius 1 is 1.22 bits per heavy atom. The molecule has 1 fully saturated rings. The van der Waals surface area contributed by atoms with Gasteiger partial charge in [-0.2, -0.15) is 4.31 Å². The zero-order valence-electron chi connectivity index (χ0n) is 15.6. The number of nitrogens with zero attached hydrogens (tertiary/aromatic N) is 1. The molecule has 1 atom stereocenters. The van der Waals surface area contributed by atoms with Crippen molar-refractivity contribution in [2.75, 3.05) is 26.2 Å². The number of hydrogen-bond donors (Lipinski definition) is 2. The van der Waals surface area contributed by atoms with Gasteiger partial charge >= 0.3 is 0 Å². The Kier molecular flexibility index (Phi) is 6.31. The van der Waals surface area contributed by atoms with Crippen molar-refractivity contribution in [1.29, 1.82) is 0 Å². The molecule has 1 saturated heterocycles. The molecule has 0 aliphatic carbocycles. The zero-order chi connectivity index (χ0) is 19.4. The van der Waals surface area contributed by atoms with Crippen molar-refractivity contribution in [1.82, 2.24) is 9.62 Å². The predicted molar refractivity (Wildman–Crippen MR) is 106 cm³/mol. The monoisotopic (exact) mass is 408 g/mol. The van der Waals surface area contributed by atoms with Gasteiger partial charge in [0.25, 0.3) is 5.91 Å². The molecule has 2 aromatic rings. The summed E-state index contributed by atoms with van der Waals surface area (Å²) < 4.78 is 27.1. The molecule has 2 heterocycles. The van der Waals surface area contributed by atoms with Crippen molar-refractivity contribution in [3.8, 4) is 0 Å². The lowest BCUT2D eigenvalue weighted by Crippen LogP contribution is -3.19. The summed E-state index contributed by atoms with van der Waals surface area (Å²) in [5, 5.41) is 4.96. The maximum Gasteiger partial charge on any atom is 0.278 e. The van der Waals surface area contributed by atoms with Gasteiger partial charge in [0.15, 0.2) is 6.04 Å². The van der Waals surface area contributed by atoms with Gasteiger partial charge in [0.1, 0.15) is 0 Å². The number of benzene rings is 1. The summed E-state index contributed by atoms with van der Waals surface area (Å²) in [5.41, 5.74) is 1.03. The molecule has 1 aliphatic heterocycles. The van der Waals surface area contributed by atoms with E-state index in [1.54, 1.807) is 23.5 Å². The van der Waals surface area contributed by atoms with Crippen LogP contribution >= 0.6 is 11.3 Å². The molecule has 27 heavy (non-hydrogen) atoms. The van der Waals surface area contributed by atoms with Crippen LogP contribution in [0.15, 0.2) is 46.7 Å². The Morgan fingerprint density at radius 2 is 1.89 bits per heavy atom. The Morgan fingerprint density at radius 3 is 2.48 bits per heavy atom. The fourth-order valence-corrected chi connectivity index (χ4v) is 5.32. The van der Waals surface area contributed by atoms with Gasteiger partial charge in [0.05, 0.1) is 37.6 Å². The third kappa shape index (κ3) is 4.76. The fraction of sp³-hybridized carbons (Fsp3) is 0.421. The topological polar surface area (TPSA) is 70.9 Å². The van der Waals surface area contributed by atoms with E-state index in [0.717, 1.165) is 15.3 Å². The summed E-state index contributed by atoms with van der Waals surface area (Å²) in [5.74, 6) is 0.00763. The quantitative estimate of drug-likeness (QED) is 0.737. The van der Waals surface area contributed by atoms with Crippen LogP contribution in [0.3, 0.4) is 0 Å². The minimum Gasteiger partial charge on any atom is -0.346 e. The number of quaternary nitrogens is 1. The van der Waals surface area contributed by atoms with Crippen molar-refractivity contribution in [3.63, 3.8) is 0 Å². The second-order valence-electron chi connectivity index (χ2n) is 6.89. The van der Waals surface area contributed by atoms with Crippen LogP contribution in [-0.2, 0) is 21.4 Å². The standard InChI is InChI=1S/C19H25N3O3S2/c1-15-5-7-18(8-6-15)27(24,25)22-11-9-21(10-12-22)16(2)19(23)20-14-17-4-3-13-26-17/h3-8,13,16H,9-12,14H2,1-2H3,(H,20,23)/p+1/t16-/m1/s1. The van der Waals surface area contributed by atoms with Crippen LogP contribution in [0.1, 0.15) is 17.4 Å². The van der Waals surface area contributed by atoms with E-state index in [9.17, 15) is 13.2 Å². The molecule has 0 bridgehead atoms. The number of sulfonamides is 1. The van der Waals surface area contributed by atoms with Gasteiger partial charge in [-0.25, -0.2) is 8.42 Å². The number of piperazine rings is 1. The lowest BCUT2D eigenvalue weighted by Gasteiger charge is -2.34. The average Bonchev–Trinajstić information content (AvgIpc) is 3.19. The molecule has 1 amide bonds. The Labute approximate surface area is 164 Å². The second-order valence-corrected chi connectivity index (χ2v) is 9.86. The number of carbonyl (C=O) groups is 1. The SMILES string of the molecule is Cc1ccc(S(=O)(=O)N2CC[NH+]([C@H](C)C(=O)NCc3cccs3)CC2)cc1. The first-order valence-electron chi connectivity index (χ1n) is 9.09. The first-order valence-corrected chi connectivity index (χ1v) is 11.4. The molecule has 146 valence electrons. The van der Waals surface area contributed by atoms with Crippen LogP contribution in [0, 0.1) is 6.92 Å². The maximum absolute atomic E-state index is 12.8. The Hall–Kier alpha value is -1.74. The molecule has 2 N–H and O–H groups in total. The van der Waals surface area contributed by atoms with E-state index in [1.165, 1.54) is 4.31 Å². The average molecular weight is 409 g/mol. The van der Waals surface area contributed by atoms with Crippen LogP contribution < -0.4 is 10.2 Å². The first kappa shape index (κ1) is 20.0. The highest BCUT2D eigenvalue weighted by molar-refractivity contribution is 7.89. The maximum atomic E-state index is 12.8. The van der Waals surface area contributed by atoms with Gasteiger partial charge in [-0.15, -0.1) is 11.3 Å². The number of amides is 1. The van der Waals surface area contributed by atoms with E-state index in [-0.39, 0.29) is 11.9 Å². The number of rotatable bonds is 6. The molecule has 1 aromatic heterocycles. The van der Waals surface area contributed by atoms with Crippen molar-refractivity contribution >= 4 is 27.3 Å². The zero-order valence-corrected chi connectivity index (χ0v) is 17.3. The molecule has 0 saturated carbocycles. The lowest BCUT2D eigenvalue weighted by molar-refractivity contribution is -0.917. The van der Waals surface area contributed by atoms with Crippen molar-refractivity contribution in [2.45, 2.75) is 31.3 Å². The minimum absolute atomic E-state index is 0.00763. The van der Waals surface area contributed by atoms with Gasteiger partial charge in [-0.1, -0.05) is 23.8 Å². The van der Waals surface area contributed by atoms with Crippen molar-refractivity contribution < 1.29 is 18.1 Å². The van der Waals surface area contributed by atoms with Gasteiger partial charge in [0.2, 0.25) is 10.0 Å². The fourth-order valence-electron chi connectivity index (χ4n) is 3.23. The van der Waals surface area contributed by atoms with E-state index in [4.69, 9.17) is 0 Å². The van der Waals surface area contributed by atoms with Gasteiger partial charge in [-0.05, 0) is 37.4 Å². The van der Waals surface area contributed by atoms with E-state index < -0.39 is 10.0 Å². The number of thiophene rings is 1. The lowest BCUT2D eigenvalue weighted by atomic mass is 10.2. The molecule has 6 nitrogen and oxygen atoms in total. The largest absolute Gasteiger partial charge is 0.346 e. The summed E-state index contributed by atoms with van der Waals surface area (Å²) in [4.78, 5) is 15.0.